The molecule has 0 radical (unpaired) electrons. The molecule has 0 saturated heterocycles. The molecule has 2 amide bonds. The maximum Gasteiger partial charge on any atom is 0.265 e. The average Bonchev–Trinajstić information content (AvgIpc) is 3.06. The number of carbonyl (C=O) groups excluding carboxylic acids is 2. The van der Waals surface area contributed by atoms with Crippen molar-refractivity contribution in [3.63, 3.8) is 0 Å². The summed E-state index contributed by atoms with van der Waals surface area (Å²) in [4.78, 5) is 29.5. The number of ether oxygens (including phenoxy) is 2. The van der Waals surface area contributed by atoms with Crippen LogP contribution in [0.15, 0.2) is 66.9 Å². The SMILES string of the molecule is CCCCCCCCCCCCCCOc1cccc(C(=O)N(Cc2cccc[n+]2CCC)C(=O)c2ccccc2OC)c1C.[I-]. The van der Waals surface area contributed by atoms with Crippen LogP contribution in [0.1, 0.15) is 129 Å². The number of aryl methyl sites for hydroxylation is 1. The Balaban J connectivity index is 0.00000736. The largest absolute Gasteiger partial charge is 1.00 e. The van der Waals surface area contributed by atoms with Gasteiger partial charge in [-0.25, -0.2) is 4.57 Å². The summed E-state index contributed by atoms with van der Waals surface area (Å²) in [5.74, 6) is 0.373. The van der Waals surface area contributed by atoms with Crippen LogP contribution >= 0.6 is 0 Å². The first-order valence-electron chi connectivity index (χ1n) is 17.2. The summed E-state index contributed by atoms with van der Waals surface area (Å²) in [7, 11) is 1.53. The summed E-state index contributed by atoms with van der Waals surface area (Å²) in [5.41, 5.74) is 2.44. The Morgan fingerprint density at radius 1 is 0.674 bits per heavy atom. The van der Waals surface area contributed by atoms with Gasteiger partial charge in [0.25, 0.3) is 11.8 Å². The topological polar surface area (TPSA) is 59.7 Å². The number of methoxy groups -OCH3 is 1. The first kappa shape index (κ1) is 39.2. The van der Waals surface area contributed by atoms with Crippen LogP contribution in [-0.2, 0) is 13.1 Å². The monoisotopic (exact) mass is 742 g/mol. The van der Waals surface area contributed by atoms with E-state index in [0.717, 1.165) is 37.1 Å². The molecule has 252 valence electrons. The van der Waals surface area contributed by atoms with Gasteiger partial charge in [0.05, 0.1) is 19.3 Å². The molecule has 0 saturated carbocycles. The molecule has 0 atom stereocenters. The molecule has 0 spiro atoms. The van der Waals surface area contributed by atoms with E-state index >= 15 is 0 Å². The molecule has 0 fully saturated rings. The van der Waals surface area contributed by atoms with Crippen LogP contribution in [0.5, 0.6) is 11.5 Å². The first-order valence-corrected chi connectivity index (χ1v) is 17.2. The van der Waals surface area contributed by atoms with Crippen LogP contribution in [0.2, 0.25) is 0 Å². The molecule has 0 unspecified atom stereocenters. The summed E-state index contributed by atoms with van der Waals surface area (Å²) >= 11 is 0. The Morgan fingerprint density at radius 3 is 1.89 bits per heavy atom. The van der Waals surface area contributed by atoms with E-state index < -0.39 is 5.91 Å². The number of halogens is 1. The van der Waals surface area contributed by atoms with Crippen LogP contribution in [0.4, 0.5) is 0 Å². The molecule has 0 aliphatic heterocycles. The van der Waals surface area contributed by atoms with Gasteiger partial charge in [-0.1, -0.05) is 109 Å². The summed E-state index contributed by atoms with van der Waals surface area (Å²) in [6.07, 6.45) is 18.5. The molecule has 6 nitrogen and oxygen atoms in total. The molecule has 0 aliphatic rings. The number of amides is 2. The predicted octanol–water partition coefficient (Wildman–Crippen LogP) is 6.27. The lowest BCUT2D eigenvalue weighted by molar-refractivity contribution is -0.704. The molecule has 7 heteroatoms. The Morgan fingerprint density at radius 2 is 1.24 bits per heavy atom. The van der Waals surface area contributed by atoms with E-state index in [2.05, 4.69) is 18.4 Å². The van der Waals surface area contributed by atoms with Gasteiger partial charge in [-0.3, -0.25) is 14.5 Å². The maximum atomic E-state index is 14.2. The number of imide groups is 1. The van der Waals surface area contributed by atoms with Gasteiger partial charge in [-0.05, 0) is 37.6 Å². The Labute approximate surface area is 294 Å². The van der Waals surface area contributed by atoms with Crippen molar-refractivity contribution >= 4 is 11.8 Å². The molecule has 1 heterocycles. The zero-order valence-electron chi connectivity index (χ0n) is 28.6. The van der Waals surface area contributed by atoms with Crippen LogP contribution in [0.3, 0.4) is 0 Å². The highest BCUT2D eigenvalue weighted by Crippen LogP contribution is 2.26. The molecule has 3 aromatic rings. The van der Waals surface area contributed by atoms with Gasteiger partial charge in [0.15, 0.2) is 6.20 Å². The lowest BCUT2D eigenvalue weighted by atomic mass is 10.0. The van der Waals surface area contributed by atoms with Crippen molar-refractivity contribution in [2.75, 3.05) is 13.7 Å². The molecule has 3 rings (SSSR count). The lowest BCUT2D eigenvalue weighted by Crippen LogP contribution is -3.00. The van der Waals surface area contributed by atoms with E-state index in [4.69, 9.17) is 9.47 Å². The fraction of sp³-hybridized carbons (Fsp3) is 0.513. The fourth-order valence-electron chi connectivity index (χ4n) is 5.75. The number of carbonyl (C=O) groups is 2. The number of hydrogen-bond donors (Lipinski definition) is 0. The minimum Gasteiger partial charge on any atom is -1.00 e. The molecule has 1 aromatic heterocycles. The molecule has 0 bridgehead atoms. The third-order valence-electron chi connectivity index (χ3n) is 8.42. The number of unbranched alkanes of at least 4 members (excludes halogenated alkanes) is 11. The quantitative estimate of drug-likeness (QED) is 0.0560. The normalized spacial score (nSPS) is 10.7. The zero-order chi connectivity index (χ0) is 32.3. The van der Waals surface area contributed by atoms with E-state index in [1.807, 2.05) is 49.5 Å². The highest BCUT2D eigenvalue weighted by Gasteiger charge is 2.30. The van der Waals surface area contributed by atoms with Gasteiger partial charge in [-0.2, -0.15) is 0 Å². The molecule has 46 heavy (non-hydrogen) atoms. The lowest BCUT2D eigenvalue weighted by Gasteiger charge is -2.23. The average molecular weight is 743 g/mol. The van der Waals surface area contributed by atoms with Crippen LogP contribution in [0.25, 0.3) is 0 Å². The number of hydrogen-bond acceptors (Lipinski definition) is 4. The van der Waals surface area contributed by atoms with Gasteiger partial charge in [0.2, 0.25) is 5.69 Å². The van der Waals surface area contributed by atoms with E-state index in [1.54, 1.807) is 24.3 Å². The maximum absolute atomic E-state index is 14.2. The minimum atomic E-state index is -0.397. The number of nitrogens with zero attached hydrogens (tertiary/aromatic N) is 2. The van der Waals surface area contributed by atoms with Crippen molar-refractivity contribution in [1.29, 1.82) is 0 Å². The summed E-state index contributed by atoms with van der Waals surface area (Å²) in [6, 6.07) is 18.4. The smallest absolute Gasteiger partial charge is 0.265 e. The minimum absolute atomic E-state index is 0. The number of pyridine rings is 1. The highest BCUT2D eigenvalue weighted by atomic mass is 127. The second-order valence-corrected chi connectivity index (χ2v) is 11.9. The Hall–Kier alpha value is -2.94. The standard InChI is InChI=1S/C39H55N2O4.HI/c1-5-7-8-9-10-11-12-13-14-15-16-21-30-45-36-27-22-25-34(32(36)3)38(42)41(31-33-23-19-20-29-40(33)28-6-2)39(43)35-24-17-18-26-37(35)44-4;/h17-20,22-27,29H,5-16,21,28,30-31H2,1-4H3;1H/q+1;/p-1. The van der Waals surface area contributed by atoms with E-state index in [1.165, 1.54) is 76.2 Å². The van der Waals surface area contributed by atoms with Crippen molar-refractivity contribution in [2.45, 2.75) is 117 Å². The van der Waals surface area contributed by atoms with Gasteiger partial charge >= 0.3 is 0 Å². The second-order valence-electron chi connectivity index (χ2n) is 11.9. The number of rotatable bonds is 21. The van der Waals surface area contributed by atoms with Crippen molar-refractivity contribution in [2.24, 2.45) is 0 Å². The summed E-state index contributed by atoms with van der Waals surface area (Å²) < 4.78 is 13.8. The van der Waals surface area contributed by atoms with E-state index in [-0.39, 0.29) is 36.4 Å². The van der Waals surface area contributed by atoms with Gasteiger partial charge in [-0.15, -0.1) is 0 Å². The zero-order valence-corrected chi connectivity index (χ0v) is 30.7. The summed E-state index contributed by atoms with van der Waals surface area (Å²) in [5, 5.41) is 0. The summed E-state index contributed by atoms with van der Waals surface area (Å²) in [6.45, 7) is 7.82. The molecule has 2 aromatic carbocycles. The van der Waals surface area contributed by atoms with Crippen molar-refractivity contribution in [3.05, 3.63) is 89.2 Å². The van der Waals surface area contributed by atoms with Crippen LogP contribution in [-0.4, -0.2) is 30.4 Å². The third-order valence-corrected chi connectivity index (χ3v) is 8.42. The number of para-hydroxylation sites is 1. The Kier molecular flexibility index (Phi) is 19.2. The fourth-order valence-corrected chi connectivity index (χ4v) is 5.75. The number of benzene rings is 2. The van der Waals surface area contributed by atoms with Gasteiger partial charge < -0.3 is 33.5 Å². The van der Waals surface area contributed by atoms with Gasteiger partial charge in [0, 0.05) is 29.7 Å². The van der Waals surface area contributed by atoms with E-state index in [9.17, 15) is 9.59 Å². The van der Waals surface area contributed by atoms with E-state index in [0.29, 0.717) is 29.2 Å². The highest BCUT2D eigenvalue weighted by molar-refractivity contribution is 6.11. The first-order chi connectivity index (χ1) is 22.0. The van der Waals surface area contributed by atoms with Crippen molar-refractivity contribution in [1.82, 2.24) is 4.90 Å². The van der Waals surface area contributed by atoms with Crippen LogP contribution in [0, 0.1) is 6.92 Å². The predicted molar refractivity (Wildman–Crippen MR) is 182 cm³/mol. The molecular formula is C39H55IN2O4. The molecule has 0 aliphatic carbocycles. The van der Waals surface area contributed by atoms with Crippen molar-refractivity contribution < 1.29 is 47.6 Å². The molecule has 0 N–H and O–H groups in total. The molecular weight excluding hydrogens is 687 g/mol. The second kappa shape index (κ2) is 22.6. The van der Waals surface area contributed by atoms with Gasteiger partial charge in [0.1, 0.15) is 24.6 Å². The van der Waals surface area contributed by atoms with Crippen LogP contribution < -0.4 is 38.0 Å². The number of aromatic nitrogens is 1. The third kappa shape index (κ3) is 12.3. The van der Waals surface area contributed by atoms with Crippen molar-refractivity contribution in [3.8, 4) is 11.5 Å². The Bertz CT molecular complexity index is 1330.